The van der Waals surface area contributed by atoms with E-state index in [0.717, 1.165) is 0 Å². The molecule has 0 aromatic heterocycles. The molecule has 1 rings (SSSR count). The second-order valence-electron chi connectivity index (χ2n) is 4.75. The summed E-state index contributed by atoms with van der Waals surface area (Å²) in [7, 11) is -3.21. The Morgan fingerprint density at radius 3 is 2.26 bits per heavy atom. The molecule has 0 radical (unpaired) electrons. The Labute approximate surface area is 114 Å². The van der Waals surface area contributed by atoms with Gasteiger partial charge in [-0.15, -0.1) is 0 Å². The predicted molar refractivity (Wildman–Crippen MR) is 73.0 cm³/mol. The normalized spacial score (nSPS) is 18.2. The number of hydrogen-bond donors (Lipinski definition) is 4. The van der Waals surface area contributed by atoms with E-state index in [1.54, 1.807) is 6.92 Å². The van der Waals surface area contributed by atoms with Crippen LogP contribution in [0.3, 0.4) is 0 Å². The van der Waals surface area contributed by atoms with Crippen molar-refractivity contribution in [3.05, 3.63) is 0 Å². The zero-order chi connectivity index (χ0) is 14.9. The summed E-state index contributed by atoms with van der Waals surface area (Å²) in [5.74, 6) is 0. The van der Waals surface area contributed by atoms with Crippen molar-refractivity contribution in [3.63, 3.8) is 0 Å². The molecule has 0 aromatic rings. The molecule has 0 saturated heterocycles. The molecule has 1 fully saturated rings. The van der Waals surface area contributed by atoms with E-state index in [9.17, 15) is 9.36 Å². The number of carbonyl (C=O) groups excluding carboxylic acids is 1. The number of nitrogens with two attached hydrogens (primary N) is 1. The van der Waals surface area contributed by atoms with Crippen LogP contribution in [0.15, 0.2) is 0 Å². The number of ether oxygens (including phenoxy) is 1. The van der Waals surface area contributed by atoms with Gasteiger partial charge in [0, 0.05) is 19.2 Å². The third kappa shape index (κ3) is 10.0. The minimum absolute atomic E-state index is 0.214. The van der Waals surface area contributed by atoms with Crippen LogP contribution in [0.25, 0.3) is 0 Å². The zero-order valence-corrected chi connectivity index (χ0v) is 12.4. The van der Waals surface area contributed by atoms with Crippen LogP contribution >= 0.6 is 7.60 Å². The molecule has 1 atom stereocenters. The Morgan fingerprint density at radius 2 is 1.95 bits per heavy atom. The largest absolute Gasteiger partial charge is 0.413 e. The number of rotatable bonds is 4. The van der Waals surface area contributed by atoms with E-state index >= 15 is 0 Å². The maximum Gasteiger partial charge on any atom is 0.413 e. The first-order valence-electron chi connectivity index (χ1n) is 6.38. The van der Waals surface area contributed by atoms with Crippen LogP contribution < -0.4 is 11.1 Å². The summed E-state index contributed by atoms with van der Waals surface area (Å²) in [6.07, 6.45) is 6.66. The third-order valence-electron chi connectivity index (χ3n) is 2.70. The molecule has 0 heterocycles. The first-order chi connectivity index (χ1) is 8.77. The molecule has 1 unspecified atom stereocenters. The van der Waals surface area contributed by atoms with Gasteiger partial charge in [0.05, 0.1) is 6.61 Å². The van der Waals surface area contributed by atoms with Crippen molar-refractivity contribution >= 4 is 13.2 Å². The first kappa shape index (κ1) is 18.5. The van der Waals surface area contributed by atoms with Crippen LogP contribution in [-0.2, 0) is 9.30 Å². The smallest absolute Gasteiger partial charge is 0.383 e. The van der Waals surface area contributed by atoms with E-state index in [0.29, 0.717) is 6.04 Å². The highest BCUT2D eigenvalue weighted by Gasteiger charge is 2.26. The van der Waals surface area contributed by atoms with Crippen molar-refractivity contribution in [2.24, 2.45) is 5.73 Å². The molecule has 0 spiro atoms. The average molecular weight is 296 g/mol. The van der Waals surface area contributed by atoms with Crippen molar-refractivity contribution in [1.29, 1.82) is 0 Å². The summed E-state index contributed by atoms with van der Waals surface area (Å²) in [5.41, 5.74) is 4.36. The van der Waals surface area contributed by atoms with E-state index < -0.39 is 19.3 Å². The predicted octanol–water partition coefficient (Wildman–Crippen LogP) is 1.19. The summed E-state index contributed by atoms with van der Waals surface area (Å²) in [4.78, 5) is 27.3. The van der Waals surface area contributed by atoms with Crippen LogP contribution in [0.2, 0.25) is 0 Å². The fourth-order valence-electron chi connectivity index (χ4n) is 1.72. The Morgan fingerprint density at radius 1 is 1.42 bits per heavy atom. The maximum atomic E-state index is 10.6. The highest BCUT2D eigenvalue weighted by Crippen LogP contribution is 2.34. The molecule has 5 N–H and O–H groups in total. The lowest BCUT2D eigenvalue weighted by molar-refractivity contribution is 0.173. The summed E-state index contributed by atoms with van der Waals surface area (Å²) in [6, 6.07) is 0.129. The van der Waals surface area contributed by atoms with Crippen LogP contribution in [0.4, 0.5) is 4.79 Å². The third-order valence-corrected chi connectivity index (χ3v) is 3.36. The van der Waals surface area contributed by atoms with E-state index in [1.807, 2.05) is 0 Å². The van der Waals surface area contributed by atoms with Gasteiger partial charge in [-0.05, 0) is 19.8 Å². The van der Waals surface area contributed by atoms with Crippen molar-refractivity contribution in [2.75, 3.05) is 13.7 Å². The molecule has 1 aliphatic rings. The van der Waals surface area contributed by atoms with Gasteiger partial charge in [0.25, 0.3) is 0 Å². The van der Waals surface area contributed by atoms with E-state index in [2.05, 4.69) is 10.1 Å². The van der Waals surface area contributed by atoms with Crippen LogP contribution in [0.5, 0.6) is 0 Å². The summed E-state index contributed by atoms with van der Waals surface area (Å²) in [6.45, 7) is 1.79. The molecule has 0 aromatic carbocycles. The molecule has 1 saturated carbocycles. The number of amides is 1. The fraction of sp³-hybridized carbons (Fsp3) is 0.909. The second kappa shape index (κ2) is 9.44. The van der Waals surface area contributed by atoms with Gasteiger partial charge in [-0.1, -0.05) is 19.3 Å². The minimum atomic E-state index is -4.64. The van der Waals surface area contributed by atoms with Gasteiger partial charge in [0.15, 0.2) is 0 Å². The molecule has 8 heteroatoms. The maximum absolute atomic E-state index is 10.6. The molecule has 114 valence electrons. The van der Waals surface area contributed by atoms with Crippen LogP contribution in [0.1, 0.15) is 39.0 Å². The lowest BCUT2D eigenvalue weighted by Crippen LogP contribution is -2.34. The summed E-state index contributed by atoms with van der Waals surface area (Å²) in [5, 5.41) is 2.09. The Bertz CT molecular complexity index is 301. The van der Waals surface area contributed by atoms with Gasteiger partial charge < -0.3 is 25.6 Å². The fourth-order valence-corrected chi connectivity index (χ4v) is 2.11. The number of nitrogens with one attached hydrogen (secondary N) is 1. The van der Waals surface area contributed by atoms with E-state index in [1.165, 1.54) is 39.2 Å². The average Bonchev–Trinajstić information content (AvgIpc) is 2.29. The second-order valence-corrected chi connectivity index (χ2v) is 6.24. The van der Waals surface area contributed by atoms with E-state index in [4.69, 9.17) is 15.5 Å². The first-order valence-corrected chi connectivity index (χ1v) is 7.99. The van der Waals surface area contributed by atoms with E-state index in [-0.39, 0.29) is 6.61 Å². The van der Waals surface area contributed by atoms with Crippen LogP contribution in [0, 0.1) is 0 Å². The highest BCUT2D eigenvalue weighted by molar-refractivity contribution is 7.69. The zero-order valence-electron chi connectivity index (χ0n) is 11.5. The van der Waals surface area contributed by atoms with Gasteiger partial charge in [0.1, 0.15) is 0 Å². The van der Waals surface area contributed by atoms with Gasteiger partial charge >= 0.3 is 13.2 Å². The monoisotopic (exact) mass is 296 g/mol. The lowest BCUT2D eigenvalue weighted by Gasteiger charge is -2.15. The van der Waals surface area contributed by atoms with Gasteiger partial charge in [-0.2, -0.15) is 0 Å². The molecule has 7 nitrogen and oxygen atoms in total. The lowest BCUT2D eigenvalue weighted by atomic mass is 9.97. The minimum Gasteiger partial charge on any atom is -0.383 e. The Balaban J connectivity index is 0.000000388. The van der Waals surface area contributed by atoms with Crippen molar-refractivity contribution < 1.29 is 23.9 Å². The number of hydrogen-bond acceptors (Lipinski definition) is 4. The number of methoxy groups -OCH3 is 1. The van der Waals surface area contributed by atoms with Crippen molar-refractivity contribution in [2.45, 2.75) is 51.1 Å². The summed E-state index contributed by atoms with van der Waals surface area (Å²) < 4.78 is 15.0. The SMILES string of the molecule is COCC(C)NC(=O)P(=O)(O)O.NC1CCCCC1. The Hall–Kier alpha value is -0.460. The molecule has 0 aliphatic heterocycles. The van der Waals surface area contributed by atoms with Gasteiger partial charge in [-0.25, -0.2) is 4.57 Å². The van der Waals surface area contributed by atoms with Crippen molar-refractivity contribution in [3.8, 4) is 0 Å². The number of carbonyl (C=O) groups is 1. The van der Waals surface area contributed by atoms with Crippen molar-refractivity contribution in [1.82, 2.24) is 5.32 Å². The molecule has 0 bridgehead atoms. The van der Waals surface area contributed by atoms with Gasteiger partial charge in [0.2, 0.25) is 0 Å². The topological polar surface area (TPSA) is 122 Å². The highest BCUT2D eigenvalue weighted by atomic mass is 31.2. The molecule has 19 heavy (non-hydrogen) atoms. The standard InChI is InChI=1S/C6H13N.C5H12NO5P/c7-6-4-2-1-3-5-6;1-4(3-11-2)6-5(7)12(8,9)10/h6H,1-5,7H2;4H,3H2,1-2H3,(H,6,7)(H2,8,9,10). The van der Waals surface area contributed by atoms with Crippen LogP contribution in [-0.4, -0.2) is 41.2 Å². The Kier molecular flexibility index (Phi) is 9.22. The molecule has 1 amide bonds. The molecular weight excluding hydrogens is 271 g/mol. The quantitative estimate of drug-likeness (QED) is 0.578. The van der Waals surface area contributed by atoms with Gasteiger partial charge in [-0.3, -0.25) is 4.79 Å². The molecular formula is C11H25N2O5P. The molecule has 1 aliphatic carbocycles. The summed E-state index contributed by atoms with van der Waals surface area (Å²) >= 11 is 0.